The predicted octanol–water partition coefficient (Wildman–Crippen LogP) is 3.27. The first-order valence-corrected chi connectivity index (χ1v) is 10.0. The Kier molecular flexibility index (Phi) is 5.38. The van der Waals surface area contributed by atoms with Crippen molar-refractivity contribution in [1.29, 1.82) is 0 Å². The highest BCUT2D eigenvalue weighted by atomic mass is 32.2. The SMILES string of the molecule is C=C1CN=C(NS(=O)(=O)c2ccc([N+](=O)[O-])cc2)N1C(C)(C)CC(C)(C)C. The number of non-ortho nitro benzene ring substituents is 1. The molecule has 1 N–H and O–H groups in total. The molecule has 1 aliphatic heterocycles. The second-order valence-electron chi connectivity index (χ2n) is 8.45. The minimum absolute atomic E-state index is 0.0225. The average molecular weight is 394 g/mol. The molecule has 1 heterocycles. The van der Waals surface area contributed by atoms with Crippen molar-refractivity contribution in [3.8, 4) is 0 Å². The molecule has 27 heavy (non-hydrogen) atoms. The first-order chi connectivity index (χ1) is 12.2. The number of nitro groups is 1. The Morgan fingerprint density at radius 3 is 2.26 bits per heavy atom. The second-order valence-corrected chi connectivity index (χ2v) is 10.1. The maximum atomic E-state index is 12.7. The van der Waals surface area contributed by atoms with Gasteiger partial charge in [0.1, 0.15) is 0 Å². The van der Waals surface area contributed by atoms with Crippen LogP contribution in [-0.2, 0) is 10.0 Å². The van der Waals surface area contributed by atoms with E-state index in [2.05, 4.69) is 37.1 Å². The zero-order chi connectivity index (χ0) is 20.6. The van der Waals surface area contributed by atoms with Crippen LogP contribution in [0.3, 0.4) is 0 Å². The molecule has 0 amide bonds. The molecule has 0 unspecified atom stereocenters. The molecule has 1 aliphatic rings. The summed E-state index contributed by atoms with van der Waals surface area (Å²) in [7, 11) is -3.93. The lowest BCUT2D eigenvalue weighted by atomic mass is 9.81. The summed E-state index contributed by atoms with van der Waals surface area (Å²) in [5.74, 6) is 0.215. The smallest absolute Gasteiger partial charge is 0.269 e. The number of aliphatic imine (C=N–C) groups is 1. The third-order valence-electron chi connectivity index (χ3n) is 4.09. The quantitative estimate of drug-likeness (QED) is 0.609. The number of nitrogens with zero attached hydrogens (tertiary/aromatic N) is 3. The van der Waals surface area contributed by atoms with Crippen LogP contribution in [0.2, 0.25) is 0 Å². The van der Waals surface area contributed by atoms with Crippen molar-refractivity contribution in [2.24, 2.45) is 10.4 Å². The van der Waals surface area contributed by atoms with Gasteiger partial charge in [-0.2, -0.15) is 0 Å². The first kappa shape index (κ1) is 20.9. The molecule has 0 atom stereocenters. The highest BCUT2D eigenvalue weighted by Gasteiger charge is 2.38. The summed E-state index contributed by atoms with van der Waals surface area (Å²) in [5.41, 5.74) is 0.163. The van der Waals surface area contributed by atoms with Crippen molar-refractivity contribution in [3.05, 3.63) is 46.7 Å². The van der Waals surface area contributed by atoms with Gasteiger partial charge in [0.05, 0.1) is 16.4 Å². The largest absolute Gasteiger partial charge is 0.309 e. The van der Waals surface area contributed by atoms with E-state index in [9.17, 15) is 18.5 Å². The summed E-state index contributed by atoms with van der Waals surface area (Å²) in [6.07, 6.45) is 0.789. The summed E-state index contributed by atoms with van der Waals surface area (Å²) in [5, 5.41) is 10.7. The number of hydrogen-bond acceptors (Lipinski definition) is 6. The van der Waals surface area contributed by atoms with E-state index >= 15 is 0 Å². The van der Waals surface area contributed by atoms with E-state index in [-0.39, 0.29) is 22.0 Å². The Morgan fingerprint density at radius 1 is 1.22 bits per heavy atom. The molecule has 0 saturated carbocycles. The number of nitro benzene ring substituents is 1. The van der Waals surface area contributed by atoms with Gasteiger partial charge in [0.2, 0.25) is 5.96 Å². The number of hydrogen-bond donors (Lipinski definition) is 1. The van der Waals surface area contributed by atoms with E-state index in [4.69, 9.17) is 0 Å². The van der Waals surface area contributed by atoms with Crippen molar-refractivity contribution in [2.45, 2.75) is 51.5 Å². The maximum Gasteiger partial charge on any atom is 0.269 e. The Hall–Kier alpha value is -2.42. The van der Waals surface area contributed by atoms with Gasteiger partial charge in [-0.05, 0) is 37.8 Å². The van der Waals surface area contributed by atoms with Gasteiger partial charge < -0.3 is 4.90 Å². The fourth-order valence-electron chi connectivity index (χ4n) is 3.55. The molecule has 0 fully saturated rings. The molecule has 8 nitrogen and oxygen atoms in total. The third kappa shape index (κ3) is 4.85. The van der Waals surface area contributed by atoms with Gasteiger partial charge in [-0.3, -0.25) is 10.1 Å². The molecular weight excluding hydrogens is 368 g/mol. The van der Waals surface area contributed by atoms with E-state index in [1.54, 1.807) is 0 Å². The number of nitrogens with one attached hydrogen (secondary N) is 1. The summed E-state index contributed by atoms with van der Waals surface area (Å²) >= 11 is 0. The fourth-order valence-corrected chi connectivity index (χ4v) is 4.56. The molecule has 9 heteroatoms. The third-order valence-corrected chi connectivity index (χ3v) is 5.44. The molecule has 0 aromatic heterocycles. The van der Waals surface area contributed by atoms with Crippen LogP contribution >= 0.6 is 0 Å². The van der Waals surface area contributed by atoms with Gasteiger partial charge in [-0.1, -0.05) is 27.4 Å². The average Bonchev–Trinajstić information content (AvgIpc) is 2.85. The zero-order valence-corrected chi connectivity index (χ0v) is 17.1. The number of benzene rings is 1. The van der Waals surface area contributed by atoms with Crippen molar-refractivity contribution >= 4 is 21.7 Å². The van der Waals surface area contributed by atoms with Crippen LogP contribution in [0.4, 0.5) is 5.69 Å². The van der Waals surface area contributed by atoms with E-state index in [1.807, 2.05) is 18.7 Å². The van der Waals surface area contributed by atoms with E-state index in [0.717, 1.165) is 18.6 Å². The van der Waals surface area contributed by atoms with Crippen LogP contribution in [-0.4, -0.2) is 36.3 Å². The summed E-state index contributed by atoms with van der Waals surface area (Å²) in [6.45, 7) is 14.7. The molecule has 1 aromatic rings. The van der Waals surface area contributed by atoms with Crippen molar-refractivity contribution in [1.82, 2.24) is 9.62 Å². The highest BCUT2D eigenvalue weighted by molar-refractivity contribution is 7.90. The van der Waals surface area contributed by atoms with Gasteiger partial charge in [0.25, 0.3) is 15.7 Å². The lowest BCUT2D eigenvalue weighted by Gasteiger charge is -2.42. The molecule has 0 radical (unpaired) electrons. The lowest BCUT2D eigenvalue weighted by molar-refractivity contribution is -0.384. The maximum absolute atomic E-state index is 12.7. The van der Waals surface area contributed by atoms with Crippen LogP contribution in [0.15, 0.2) is 46.4 Å². The first-order valence-electron chi connectivity index (χ1n) is 8.53. The Labute approximate surface area is 160 Å². The minimum Gasteiger partial charge on any atom is -0.309 e. The summed E-state index contributed by atoms with van der Waals surface area (Å²) in [4.78, 5) is 16.2. The molecule has 148 valence electrons. The van der Waals surface area contributed by atoms with Crippen molar-refractivity contribution < 1.29 is 13.3 Å². The number of rotatable bonds is 5. The zero-order valence-electron chi connectivity index (χ0n) is 16.3. The van der Waals surface area contributed by atoms with E-state index in [0.29, 0.717) is 12.2 Å². The van der Waals surface area contributed by atoms with Gasteiger partial charge in [0.15, 0.2) is 0 Å². The second kappa shape index (κ2) is 6.95. The van der Waals surface area contributed by atoms with Gasteiger partial charge in [-0.25, -0.2) is 18.1 Å². The van der Waals surface area contributed by atoms with Gasteiger partial charge >= 0.3 is 0 Å². The Balaban J connectivity index is 2.28. The highest BCUT2D eigenvalue weighted by Crippen LogP contribution is 2.35. The molecular formula is C18H26N4O4S. The van der Waals surface area contributed by atoms with Crippen molar-refractivity contribution in [3.63, 3.8) is 0 Å². The number of sulfonamides is 1. The van der Waals surface area contributed by atoms with Crippen LogP contribution < -0.4 is 4.72 Å². The van der Waals surface area contributed by atoms with Gasteiger partial charge in [0, 0.05) is 23.4 Å². The Bertz CT molecular complexity index is 881. The van der Waals surface area contributed by atoms with Crippen LogP contribution in [0.25, 0.3) is 0 Å². The molecule has 0 saturated heterocycles. The molecule has 0 aliphatic carbocycles. The topological polar surface area (TPSA) is 105 Å². The van der Waals surface area contributed by atoms with Crippen molar-refractivity contribution in [2.75, 3.05) is 6.54 Å². The number of guanidine groups is 1. The Morgan fingerprint density at radius 2 is 1.78 bits per heavy atom. The van der Waals surface area contributed by atoms with E-state index < -0.39 is 20.5 Å². The van der Waals surface area contributed by atoms with Gasteiger partial charge in [-0.15, -0.1) is 0 Å². The molecule has 0 spiro atoms. The predicted molar refractivity (Wildman–Crippen MR) is 105 cm³/mol. The van der Waals surface area contributed by atoms with E-state index in [1.165, 1.54) is 12.1 Å². The minimum atomic E-state index is -3.93. The summed E-state index contributed by atoms with van der Waals surface area (Å²) in [6, 6.07) is 4.72. The molecule has 1 aromatic carbocycles. The van der Waals surface area contributed by atoms with Crippen LogP contribution in [0.5, 0.6) is 0 Å². The van der Waals surface area contributed by atoms with Crippen LogP contribution in [0, 0.1) is 15.5 Å². The molecule has 0 bridgehead atoms. The molecule has 2 rings (SSSR count). The summed E-state index contributed by atoms with van der Waals surface area (Å²) < 4.78 is 27.9. The van der Waals surface area contributed by atoms with Crippen LogP contribution in [0.1, 0.15) is 41.0 Å². The standard InChI is InChI=1S/C18H26N4O4S/c1-13-11-19-16(21(13)18(5,6)12-17(2,3)4)20-27(25,26)15-9-7-14(8-10-15)22(23)24/h7-10H,1,11-12H2,2-6H3,(H,19,20). The normalized spacial score (nSPS) is 15.7. The monoisotopic (exact) mass is 394 g/mol. The lowest BCUT2D eigenvalue weighted by Crippen LogP contribution is -2.52. The fraction of sp³-hybridized carbons (Fsp3) is 0.500.